The van der Waals surface area contributed by atoms with E-state index in [-0.39, 0.29) is 5.91 Å². The molecule has 0 aromatic heterocycles. The van der Waals surface area contributed by atoms with E-state index in [1.807, 2.05) is 24.3 Å². The van der Waals surface area contributed by atoms with Gasteiger partial charge < -0.3 is 15.3 Å². The SMILES string of the molecule is CC(NCc1ccc(N2CCCC2=O)cc1)C(=O)O. The van der Waals surface area contributed by atoms with Gasteiger partial charge in [-0.2, -0.15) is 0 Å². The molecule has 0 saturated carbocycles. The van der Waals surface area contributed by atoms with Gasteiger partial charge in [0.05, 0.1) is 0 Å². The minimum atomic E-state index is -0.862. The first-order valence-corrected chi connectivity index (χ1v) is 6.43. The predicted octanol–water partition coefficient (Wildman–Crippen LogP) is 1.38. The van der Waals surface area contributed by atoms with Crippen molar-refractivity contribution in [3.8, 4) is 0 Å². The van der Waals surface area contributed by atoms with Gasteiger partial charge in [0.1, 0.15) is 6.04 Å². The molecule has 1 aromatic carbocycles. The van der Waals surface area contributed by atoms with Crippen LogP contribution in [0.3, 0.4) is 0 Å². The lowest BCUT2D eigenvalue weighted by molar-refractivity contribution is -0.139. The molecule has 1 amide bonds. The van der Waals surface area contributed by atoms with Crippen molar-refractivity contribution < 1.29 is 14.7 Å². The summed E-state index contributed by atoms with van der Waals surface area (Å²) in [6, 6.07) is 7.09. The van der Waals surface area contributed by atoms with Gasteiger partial charge in [0.25, 0.3) is 0 Å². The summed E-state index contributed by atoms with van der Waals surface area (Å²) in [6.45, 7) is 2.90. The standard InChI is InChI=1S/C14H18N2O3/c1-10(14(18)19)15-9-11-4-6-12(7-5-11)16-8-2-3-13(16)17/h4-7,10,15H,2-3,8-9H2,1H3,(H,18,19). The van der Waals surface area contributed by atoms with Crippen LogP contribution in [0.4, 0.5) is 5.69 Å². The van der Waals surface area contributed by atoms with Crippen molar-refractivity contribution >= 4 is 17.6 Å². The average Bonchev–Trinajstić information content (AvgIpc) is 2.82. The Morgan fingerprint density at radius 3 is 2.63 bits per heavy atom. The highest BCUT2D eigenvalue weighted by molar-refractivity contribution is 5.95. The monoisotopic (exact) mass is 262 g/mol. The van der Waals surface area contributed by atoms with Crippen molar-refractivity contribution in [2.75, 3.05) is 11.4 Å². The molecule has 1 fully saturated rings. The van der Waals surface area contributed by atoms with Crippen molar-refractivity contribution in [3.63, 3.8) is 0 Å². The number of carboxylic acid groups (broad SMARTS) is 1. The minimum Gasteiger partial charge on any atom is -0.480 e. The van der Waals surface area contributed by atoms with Crippen LogP contribution in [-0.4, -0.2) is 29.6 Å². The van der Waals surface area contributed by atoms with Gasteiger partial charge in [0.2, 0.25) is 5.91 Å². The first-order chi connectivity index (χ1) is 9.08. The summed E-state index contributed by atoms with van der Waals surface area (Å²) >= 11 is 0. The third-order valence-corrected chi connectivity index (χ3v) is 3.30. The van der Waals surface area contributed by atoms with Gasteiger partial charge in [-0.1, -0.05) is 12.1 Å². The zero-order valence-corrected chi connectivity index (χ0v) is 10.9. The summed E-state index contributed by atoms with van der Waals surface area (Å²) < 4.78 is 0. The quantitative estimate of drug-likeness (QED) is 0.841. The van der Waals surface area contributed by atoms with Crippen LogP contribution in [0.25, 0.3) is 0 Å². The van der Waals surface area contributed by atoms with E-state index in [1.165, 1.54) is 0 Å². The van der Waals surface area contributed by atoms with Crippen LogP contribution in [0, 0.1) is 0 Å². The first kappa shape index (κ1) is 13.5. The molecule has 102 valence electrons. The van der Waals surface area contributed by atoms with Gasteiger partial charge in [0, 0.05) is 25.2 Å². The Balaban J connectivity index is 1.95. The number of hydrogen-bond acceptors (Lipinski definition) is 3. The second-order valence-electron chi connectivity index (χ2n) is 4.76. The van der Waals surface area contributed by atoms with Gasteiger partial charge in [-0.25, -0.2) is 0 Å². The summed E-state index contributed by atoms with van der Waals surface area (Å²) in [7, 11) is 0. The molecule has 2 N–H and O–H groups in total. The molecule has 1 heterocycles. The minimum absolute atomic E-state index is 0.172. The number of carbonyl (C=O) groups excluding carboxylic acids is 1. The van der Waals surface area contributed by atoms with E-state index in [2.05, 4.69) is 5.32 Å². The third-order valence-electron chi connectivity index (χ3n) is 3.30. The van der Waals surface area contributed by atoms with Gasteiger partial charge in [-0.3, -0.25) is 9.59 Å². The van der Waals surface area contributed by atoms with Crippen LogP contribution < -0.4 is 10.2 Å². The topological polar surface area (TPSA) is 69.6 Å². The zero-order valence-electron chi connectivity index (χ0n) is 10.9. The van der Waals surface area contributed by atoms with E-state index in [0.29, 0.717) is 13.0 Å². The number of carbonyl (C=O) groups is 2. The average molecular weight is 262 g/mol. The van der Waals surface area contributed by atoms with E-state index in [1.54, 1.807) is 11.8 Å². The summed E-state index contributed by atoms with van der Waals surface area (Å²) in [6.07, 6.45) is 1.54. The Hall–Kier alpha value is -1.88. The maximum Gasteiger partial charge on any atom is 0.320 e. The number of hydrogen-bond donors (Lipinski definition) is 2. The molecule has 1 aliphatic rings. The van der Waals surface area contributed by atoms with Crippen molar-refractivity contribution in [1.82, 2.24) is 5.32 Å². The van der Waals surface area contributed by atoms with Gasteiger partial charge in [-0.05, 0) is 31.0 Å². The number of anilines is 1. The smallest absolute Gasteiger partial charge is 0.320 e. The number of amides is 1. The fourth-order valence-corrected chi connectivity index (χ4v) is 2.07. The fraction of sp³-hybridized carbons (Fsp3) is 0.429. The van der Waals surface area contributed by atoms with Crippen LogP contribution in [0.15, 0.2) is 24.3 Å². The van der Waals surface area contributed by atoms with Crippen molar-refractivity contribution in [1.29, 1.82) is 0 Å². The Bertz CT molecular complexity index is 470. The molecular weight excluding hydrogens is 244 g/mol. The summed E-state index contributed by atoms with van der Waals surface area (Å²) in [5.74, 6) is -0.690. The van der Waals surface area contributed by atoms with E-state index in [0.717, 1.165) is 24.2 Å². The molecule has 0 spiro atoms. The fourth-order valence-electron chi connectivity index (χ4n) is 2.07. The van der Waals surface area contributed by atoms with Crippen LogP contribution in [0.2, 0.25) is 0 Å². The van der Waals surface area contributed by atoms with E-state index < -0.39 is 12.0 Å². The summed E-state index contributed by atoms with van der Waals surface area (Å²) in [4.78, 5) is 24.1. The van der Waals surface area contributed by atoms with Gasteiger partial charge >= 0.3 is 5.97 Å². The largest absolute Gasteiger partial charge is 0.480 e. The van der Waals surface area contributed by atoms with Crippen LogP contribution in [-0.2, 0) is 16.1 Å². The maximum absolute atomic E-state index is 11.6. The second-order valence-corrected chi connectivity index (χ2v) is 4.76. The lowest BCUT2D eigenvalue weighted by Gasteiger charge is -2.16. The number of aliphatic carboxylic acids is 1. The maximum atomic E-state index is 11.6. The number of nitrogens with zero attached hydrogens (tertiary/aromatic N) is 1. The Morgan fingerprint density at radius 1 is 1.42 bits per heavy atom. The Kier molecular flexibility index (Phi) is 4.16. The van der Waals surface area contributed by atoms with Crippen LogP contribution in [0.1, 0.15) is 25.3 Å². The molecule has 1 aromatic rings. The number of nitrogens with one attached hydrogen (secondary N) is 1. The summed E-state index contributed by atoms with van der Waals surface area (Å²) in [5.41, 5.74) is 1.92. The molecule has 0 radical (unpaired) electrons. The molecule has 1 atom stereocenters. The zero-order chi connectivity index (χ0) is 13.8. The molecule has 1 saturated heterocycles. The number of carboxylic acids is 1. The van der Waals surface area contributed by atoms with Crippen molar-refractivity contribution in [2.45, 2.75) is 32.4 Å². The molecule has 5 heteroatoms. The molecule has 0 bridgehead atoms. The van der Waals surface area contributed by atoms with Crippen molar-refractivity contribution in [2.24, 2.45) is 0 Å². The predicted molar refractivity (Wildman–Crippen MR) is 72.0 cm³/mol. The van der Waals surface area contributed by atoms with Crippen LogP contribution >= 0.6 is 0 Å². The molecule has 19 heavy (non-hydrogen) atoms. The van der Waals surface area contributed by atoms with E-state index >= 15 is 0 Å². The Morgan fingerprint density at radius 2 is 2.11 bits per heavy atom. The molecule has 1 aliphatic heterocycles. The first-order valence-electron chi connectivity index (χ1n) is 6.43. The molecule has 5 nitrogen and oxygen atoms in total. The Labute approximate surface area is 112 Å². The van der Waals surface area contributed by atoms with Crippen LogP contribution in [0.5, 0.6) is 0 Å². The highest BCUT2D eigenvalue weighted by Crippen LogP contribution is 2.21. The molecular formula is C14H18N2O3. The van der Waals surface area contributed by atoms with Gasteiger partial charge in [0.15, 0.2) is 0 Å². The second kappa shape index (κ2) is 5.84. The third kappa shape index (κ3) is 3.32. The highest BCUT2D eigenvalue weighted by Gasteiger charge is 2.21. The van der Waals surface area contributed by atoms with E-state index in [9.17, 15) is 9.59 Å². The number of rotatable bonds is 5. The van der Waals surface area contributed by atoms with Crippen molar-refractivity contribution in [3.05, 3.63) is 29.8 Å². The molecule has 0 aliphatic carbocycles. The lowest BCUT2D eigenvalue weighted by Crippen LogP contribution is -2.33. The number of benzene rings is 1. The molecule has 2 rings (SSSR count). The van der Waals surface area contributed by atoms with E-state index in [4.69, 9.17) is 5.11 Å². The molecule has 1 unspecified atom stereocenters. The van der Waals surface area contributed by atoms with Gasteiger partial charge in [-0.15, -0.1) is 0 Å². The normalized spacial score (nSPS) is 16.7. The lowest BCUT2D eigenvalue weighted by atomic mass is 10.2. The summed E-state index contributed by atoms with van der Waals surface area (Å²) in [5, 5.41) is 11.7. The highest BCUT2D eigenvalue weighted by atomic mass is 16.4.